The number of hydrogen-bond donors (Lipinski definition) is 1. The summed E-state index contributed by atoms with van der Waals surface area (Å²) in [6.45, 7) is 1.42. The zero-order chi connectivity index (χ0) is 13.4. The van der Waals surface area contributed by atoms with E-state index in [2.05, 4.69) is 58.4 Å². The van der Waals surface area contributed by atoms with Crippen molar-refractivity contribution >= 4 is 5.70 Å². The van der Waals surface area contributed by atoms with Gasteiger partial charge in [-0.15, -0.1) is 0 Å². The third-order valence-corrected chi connectivity index (χ3v) is 3.68. The van der Waals surface area contributed by atoms with E-state index < -0.39 is 0 Å². The maximum atomic E-state index is 5.99. The second-order valence-corrected chi connectivity index (χ2v) is 4.90. The number of nitrogens with one attached hydrogen (secondary N) is 1. The van der Waals surface area contributed by atoms with Gasteiger partial charge in [-0.1, -0.05) is 18.2 Å². The average molecular weight is 263 g/mol. The minimum atomic E-state index is 0.559. The van der Waals surface area contributed by atoms with Crippen molar-refractivity contribution in [3.8, 4) is 17.0 Å². The number of para-hydroxylation sites is 1. The Balaban J connectivity index is 1.90. The van der Waals surface area contributed by atoms with Crippen LogP contribution in [0.1, 0.15) is 5.56 Å². The Morgan fingerprint density at radius 3 is 2.90 bits per heavy atom. The molecule has 2 aliphatic rings. The molecule has 20 heavy (non-hydrogen) atoms. The number of dihydropyridines is 1. The molecule has 1 aromatic heterocycles. The van der Waals surface area contributed by atoms with Gasteiger partial charge in [0.2, 0.25) is 5.69 Å². The van der Waals surface area contributed by atoms with Crippen LogP contribution in [0.3, 0.4) is 0 Å². The first-order chi connectivity index (χ1) is 9.93. The van der Waals surface area contributed by atoms with E-state index >= 15 is 0 Å². The van der Waals surface area contributed by atoms with Crippen LogP contribution in [-0.4, -0.2) is 6.54 Å². The first-order valence-electron chi connectivity index (χ1n) is 6.79. The number of benzene rings is 1. The first-order valence-corrected chi connectivity index (χ1v) is 6.79. The van der Waals surface area contributed by atoms with Crippen molar-refractivity contribution in [2.24, 2.45) is 0 Å². The van der Waals surface area contributed by atoms with Crippen molar-refractivity contribution in [2.75, 3.05) is 6.54 Å². The van der Waals surface area contributed by atoms with E-state index in [1.54, 1.807) is 0 Å². The van der Waals surface area contributed by atoms with Crippen LogP contribution in [0, 0.1) is 0 Å². The van der Waals surface area contributed by atoms with Gasteiger partial charge in [0.25, 0.3) is 6.73 Å². The maximum absolute atomic E-state index is 5.99. The lowest BCUT2D eigenvalue weighted by Gasteiger charge is -2.21. The zero-order valence-corrected chi connectivity index (χ0v) is 11.0. The molecule has 1 aromatic carbocycles. The molecule has 0 radical (unpaired) electrons. The molecule has 0 unspecified atom stereocenters. The Morgan fingerprint density at radius 1 is 1.05 bits per heavy atom. The molecule has 1 N–H and O–H groups in total. The quantitative estimate of drug-likeness (QED) is 0.800. The summed E-state index contributed by atoms with van der Waals surface area (Å²) in [5.41, 5.74) is 4.59. The number of pyridine rings is 1. The highest BCUT2D eigenvalue weighted by Crippen LogP contribution is 2.36. The summed E-state index contributed by atoms with van der Waals surface area (Å²) >= 11 is 0. The van der Waals surface area contributed by atoms with Gasteiger partial charge in [0.05, 0.1) is 5.56 Å². The molecule has 0 saturated carbocycles. The van der Waals surface area contributed by atoms with Crippen molar-refractivity contribution in [3.05, 3.63) is 66.4 Å². The lowest BCUT2D eigenvalue weighted by atomic mass is 10.0. The highest BCUT2D eigenvalue weighted by molar-refractivity contribution is 5.79. The van der Waals surface area contributed by atoms with E-state index in [1.807, 2.05) is 12.3 Å². The second-order valence-electron chi connectivity index (χ2n) is 4.90. The van der Waals surface area contributed by atoms with Gasteiger partial charge in [0.15, 0.2) is 6.20 Å². The van der Waals surface area contributed by atoms with Crippen LogP contribution >= 0.6 is 0 Å². The van der Waals surface area contributed by atoms with Crippen LogP contribution in [0.15, 0.2) is 60.8 Å². The largest absolute Gasteiger partial charge is 0.434 e. The van der Waals surface area contributed by atoms with Crippen molar-refractivity contribution < 1.29 is 9.30 Å². The van der Waals surface area contributed by atoms with Crippen LogP contribution in [-0.2, 0) is 6.73 Å². The Hall–Kier alpha value is -2.55. The predicted octanol–water partition coefficient (Wildman–Crippen LogP) is 2.49. The predicted molar refractivity (Wildman–Crippen MR) is 77.8 cm³/mol. The van der Waals surface area contributed by atoms with E-state index in [-0.39, 0.29) is 0 Å². The molecule has 4 rings (SSSR count). The van der Waals surface area contributed by atoms with Gasteiger partial charge in [0, 0.05) is 29.9 Å². The molecule has 98 valence electrons. The van der Waals surface area contributed by atoms with Gasteiger partial charge >= 0.3 is 0 Å². The summed E-state index contributed by atoms with van der Waals surface area (Å²) in [4.78, 5) is 0. The molecular weight excluding hydrogens is 248 g/mol. The monoisotopic (exact) mass is 263 g/mol. The van der Waals surface area contributed by atoms with Gasteiger partial charge in [-0.3, -0.25) is 0 Å². The maximum Gasteiger partial charge on any atom is 0.292 e. The number of nitrogens with zero attached hydrogens (tertiary/aromatic N) is 1. The molecule has 3 heterocycles. The van der Waals surface area contributed by atoms with E-state index in [0.717, 1.165) is 29.1 Å². The standard InChI is InChI=1S/C17H15N2O/c1-3-10-18-15(8-1)13-6-5-7-14-16-9-2-4-11-19(16)12-20-17(13)14/h1-9,11,18H,10,12H2/q+1. The minimum absolute atomic E-state index is 0.559. The number of allylic oxidation sites excluding steroid dienone is 2. The minimum Gasteiger partial charge on any atom is -0.434 e. The van der Waals surface area contributed by atoms with E-state index in [0.29, 0.717) is 6.73 Å². The van der Waals surface area contributed by atoms with Crippen molar-refractivity contribution in [1.29, 1.82) is 0 Å². The number of fused-ring (bicyclic) bond motifs is 3. The smallest absolute Gasteiger partial charge is 0.292 e. The molecule has 0 amide bonds. The number of rotatable bonds is 1. The van der Waals surface area contributed by atoms with E-state index in [4.69, 9.17) is 4.74 Å². The van der Waals surface area contributed by atoms with Crippen molar-refractivity contribution in [1.82, 2.24) is 5.32 Å². The third-order valence-electron chi connectivity index (χ3n) is 3.68. The lowest BCUT2D eigenvalue weighted by Crippen LogP contribution is -2.41. The summed E-state index contributed by atoms with van der Waals surface area (Å²) in [6.07, 6.45) is 8.32. The van der Waals surface area contributed by atoms with E-state index in [1.165, 1.54) is 5.69 Å². The molecule has 0 fully saturated rings. The highest BCUT2D eigenvalue weighted by Gasteiger charge is 2.26. The number of ether oxygens (including phenoxy) is 1. The van der Waals surface area contributed by atoms with Gasteiger partial charge in [-0.05, 0) is 24.3 Å². The fourth-order valence-electron chi connectivity index (χ4n) is 2.72. The number of hydrogen-bond acceptors (Lipinski definition) is 2. The third kappa shape index (κ3) is 1.71. The fourth-order valence-corrected chi connectivity index (χ4v) is 2.72. The van der Waals surface area contributed by atoms with Crippen molar-refractivity contribution in [3.63, 3.8) is 0 Å². The van der Waals surface area contributed by atoms with Gasteiger partial charge < -0.3 is 10.1 Å². The molecule has 2 aromatic rings. The molecule has 3 heteroatoms. The summed E-state index contributed by atoms with van der Waals surface area (Å²) in [5, 5.41) is 3.40. The molecule has 2 aliphatic heterocycles. The van der Waals surface area contributed by atoms with Crippen LogP contribution in [0.4, 0.5) is 0 Å². The molecular formula is C17H15N2O+. The molecule has 0 atom stereocenters. The van der Waals surface area contributed by atoms with E-state index in [9.17, 15) is 0 Å². The van der Waals surface area contributed by atoms with Crippen LogP contribution in [0.2, 0.25) is 0 Å². The van der Waals surface area contributed by atoms with Crippen molar-refractivity contribution in [2.45, 2.75) is 6.73 Å². The van der Waals surface area contributed by atoms with Crippen LogP contribution < -0.4 is 14.6 Å². The summed E-state index contributed by atoms with van der Waals surface area (Å²) in [7, 11) is 0. The lowest BCUT2D eigenvalue weighted by molar-refractivity contribution is -0.717. The zero-order valence-electron chi connectivity index (χ0n) is 11.0. The highest BCUT2D eigenvalue weighted by atomic mass is 16.5. The molecule has 3 nitrogen and oxygen atoms in total. The van der Waals surface area contributed by atoms with Gasteiger partial charge in [0.1, 0.15) is 5.75 Å². The summed E-state index contributed by atoms with van der Waals surface area (Å²) in [5.74, 6) is 0.966. The molecule has 0 spiro atoms. The average Bonchev–Trinajstić information content (AvgIpc) is 2.55. The number of aromatic nitrogens is 1. The van der Waals surface area contributed by atoms with Gasteiger partial charge in [-0.25, -0.2) is 0 Å². The Kier molecular flexibility index (Phi) is 2.56. The fraction of sp³-hybridized carbons (Fsp3) is 0.118. The Bertz CT molecular complexity index is 732. The van der Waals surface area contributed by atoms with Gasteiger partial charge in [-0.2, -0.15) is 4.57 Å². The SMILES string of the molecule is C1=CCNC(c2cccc3c2OC[n+]2ccccc2-3)=C1. The second kappa shape index (κ2) is 4.53. The Labute approximate surface area is 117 Å². The van der Waals surface area contributed by atoms with Crippen LogP contribution in [0.5, 0.6) is 5.75 Å². The molecule has 0 saturated heterocycles. The molecule has 0 bridgehead atoms. The molecule has 0 aliphatic carbocycles. The topological polar surface area (TPSA) is 25.1 Å². The summed E-state index contributed by atoms with van der Waals surface area (Å²) < 4.78 is 8.11. The summed E-state index contributed by atoms with van der Waals surface area (Å²) in [6, 6.07) is 12.5. The van der Waals surface area contributed by atoms with Crippen LogP contribution in [0.25, 0.3) is 17.0 Å². The Morgan fingerprint density at radius 2 is 2.00 bits per heavy atom. The first kappa shape index (κ1) is 11.3. The normalized spacial score (nSPS) is 15.5.